The molecule has 3 aromatic heterocycles. The van der Waals surface area contributed by atoms with Gasteiger partial charge in [-0.15, -0.1) is 11.3 Å². The topological polar surface area (TPSA) is 55.6 Å². The van der Waals surface area contributed by atoms with E-state index < -0.39 is 0 Å². The molecular weight excluding hydrogens is 314 g/mol. The molecule has 0 bridgehead atoms. The fraction of sp³-hybridized carbons (Fsp3) is 0.182. The maximum Gasteiger partial charge on any atom is 0.226 e. The van der Waals surface area contributed by atoms with Gasteiger partial charge in [-0.25, -0.2) is 9.67 Å². The van der Waals surface area contributed by atoms with E-state index in [1.807, 2.05) is 24.6 Å². The van der Waals surface area contributed by atoms with Crippen LogP contribution >= 0.6 is 27.3 Å². The highest BCUT2D eigenvalue weighted by molar-refractivity contribution is 9.10. The maximum absolute atomic E-state index is 4.51. The van der Waals surface area contributed by atoms with E-state index in [0.29, 0.717) is 5.95 Å². The van der Waals surface area contributed by atoms with Crippen LogP contribution in [0.2, 0.25) is 0 Å². The molecule has 0 aliphatic heterocycles. The molecule has 0 radical (unpaired) electrons. The number of hydrogen-bond acceptors (Lipinski definition) is 5. The van der Waals surface area contributed by atoms with E-state index in [1.165, 1.54) is 0 Å². The van der Waals surface area contributed by atoms with Gasteiger partial charge in [0.05, 0.1) is 16.1 Å². The van der Waals surface area contributed by atoms with Crippen LogP contribution in [0.1, 0.15) is 6.92 Å². The van der Waals surface area contributed by atoms with Gasteiger partial charge in [-0.3, -0.25) is 0 Å². The Bertz CT molecular complexity index is 690. The van der Waals surface area contributed by atoms with E-state index in [9.17, 15) is 0 Å². The molecule has 3 aromatic rings. The summed E-state index contributed by atoms with van der Waals surface area (Å²) in [6.45, 7) is 2.81. The standard InChI is InChI=1S/C11H10BrN5S/c1-2-13-11-15-9(17-6-7(12)5-14-17)8-3-4-18-10(8)16-11/h3-6H,2H2,1H3,(H,13,15,16). The molecule has 0 saturated carbocycles. The second kappa shape index (κ2) is 4.66. The highest BCUT2D eigenvalue weighted by Crippen LogP contribution is 2.25. The average molecular weight is 324 g/mol. The summed E-state index contributed by atoms with van der Waals surface area (Å²) in [4.78, 5) is 9.93. The molecule has 0 amide bonds. The van der Waals surface area contributed by atoms with Gasteiger partial charge in [-0.1, -0.05) is 0 Å². The summed E-state index contributed by atoms with van der Waals surface area (Å²) in [7, 11) is 0. The highest BCUT2D eigenvalue weighted by atomic mass is 79.9. The summed E-state index contributed by atoms with van der Waals surface area (Å²) in [6, 6.07) is 2.01. The first kappa shape index (κ1) is 11.6. The maximum atomic E-state index is 4.51. The Labute approximate surface area is 116 Å². The van der Waals surface area contributed by atoms with Crippen LogP contribution in [0.5, 0.6) is 0 Å². The van der Waals surface area contributed by atoms with Crippen molar-refractivity contribution >= 4 is 43.4 Å². The molecule has 92 valence electrons. The lowest BCUT2D eigenvalue weighted by molar-refractivity contribution is 0.851. The van der Waals surface area contributed by atoms with Gasteiger partial charge in [-0.05, 0) is 34.3 Å². The Morgan fingerprint density at radius 3 is 3.06 bits per heavy atom. The van der Waals surface area contributed by atoms with Crippen LogP contribution in [0.25, 0.3) is 16.0 Å². The number of halogens is 1. The second-order valence-corrected chi connectivity index (χ2v) is 5.45. The summed E-state index contributed by atoms with van der Waals surface area (Å²) in [5.41, 5.74) is 0. The largest absolute Gasteiger partial charge is 0.354 e. The summed E-state index contributed by atoms with van der Waals surface area (Å²) < 4.78 is 2.68. The zero-order valence-corrected chi connectivity index (χ0v) is 12.0. The van der Waals surface area contributed by atoms with Crippen molar-refractivity contribution in [2.24, 2.45) is 0 Å². The molecule has 0 aromatic carbocycles. The second-order valence-electron chi connectivity index (χ2n) is 3.64. The van der Waals surface area contributed by atoms with Crippen molar-refractivity contribution in [3.8, 4) is 5.82 Å². The normalized spacial score (nSPS) is 11.0. The van der Waals surface area contributed by atoms with Crippen molar-refractivity contribution in [1.29, 1.82) is 0 Å². The molecular formula is C11H10BrN5S. The zero-order chi connectivity index (χ0) is 12.5. The number of fused-ring (bicyclic) bond motifs is 1. The minimum Gasteiger partial charge on any atom is -0.354 e. The van der Waals surface area contributed by atoms with Gasteiger partial charge >= 0.3 is 0 Å². The predicted octanol–water partition coefficient (Wildman–Crippen LogP) is 3.07. The fourth-order valence-corrected chi connectivity index (χ4v) is 2.71. The molecule has 18 heavy (non-hydrogen) atoms. The van der Waals surface area contributed by atoms with E-state index in [-0.39, 0.29) is 0 Å². The van der Waals surface area contributed by atoms with Gasteiger partial charge in [0.15, 0.2) is 5.82 Å². The third-order valence-corrected chi connectivity index (χ3v) is 3.62. The summed E-state index contributed by atoms with van der Waals surface area (Å²) in [6.07, 6.45) is 3.63. The van der Waals surface area contributed by atoms with E-state index in [2.05, 4.69) is 36.3 Å². The summed E-state index contributed by atoms with van der Waals surface area (Å²) >= 11 is 4.99. The van der Waals surface area contributed by atoms with Gasteiger partial charge in [0.2, 0.25) is 5.95 Å². The quantitative estimate of drug-likeness (QED) is 0.804. The molecule has 0 spiro atoms. The minimum absolute atomic E-state index is 0.633. The number of anilines is 1. The van der Waals surface area contributed by atoms with E-state index in [1.54, 1.807) is 22.2 Å². The Morgan fingerprint density at radius 1 is 1.44 bits per heavy atom. The molecule has 0 unspecified atom stereocenters. The molecule has 0 fully saturated rings. The first-order valence-corrected chi connectivity index (χ1v) is 7.15. The van der Waals surface area contributed by atoms with Crippen LogP contribution in [-0.2, 0) is 0 Å². The molecule has 3 heterocycles. The first-order valence-electron chi connectivity index (χ1n) is 5.47. The smallest absolute Gasteiger partial charge is 0.226 e. The van der Waals surface area contributed by atoms with Crippen molar-refractivity contribution in [1.82, 2.24) is 19.7 Å². The third kappa shape index (κ3) is 1.99. The number of aromatic nitrogens is 4. The average Bonchev–Trinajstić information content (AvgIpc) is 2.97. The first-order chi connectivity index (χ1) is 8.78. The molecule has 0 aliphatic rings. The lowest BCUT2D eigenvalue weighted by Crippen LogP contribution is -2.06. The monoisotopic (exact) mass is 323 g/mol. The van der Waals surface area contributed by atoms with Gasteiger partial charge in [0.25, 0.3) is 0 Å². The predicted molar refractivity (Wildman–Crippen MR) is 76.4 cm³/mol. The van der Waals surface area contributed by atoms with Crippen LogP contribution in [0, 0.1) is 0 Å². The van der Waals surface area contributed by atoms with E-state index >= 15 is 0 Å². The Kier molecular flexibility index (Phi) is 3.00. The van der Waals surface area contributed by atoms with Crippen LogP contribution in [0.15, 0.2) is 28.3 Å². The van der Waals surface area contributed by atoms with Gasteiger partial charge in [-0.2, -0.15) is 10.1 Å². The molecule has 7 heteroatoms. The zero-order valence-electron chi connectivity index (χ0n) is 9.59. The number of hydrogen-bond donors (Lipinski definition) is 1. The van der Waals surface area contributed by atoms with E-state index in [0.717, 1.165) is 27.1 Å². The molecule has 1 N–H and O–H groups in total. The van der Waals surface area contributed by atoms with Crippen molar-refractivity contribution in [3.63, 3.8) is 0 Å². The summed E-state index contributed by atoms with van der Waals surface area (Å²) in [5.74, 6) is 1.43. The SMILES string of the molecule is CCNc1nc(-n2cc(Br)cn2)c2ccsc2n1. The van der Waals surface area contributed by atoms with Crippen LogP contribution < -0.4 is 5.32 Å². The van der Waals surface area contributed by atoms with Crippen molar-refractivity contribution in [2.45, 2.75) is 6.92 Å². The Morgan fingerprint density at radius 2 is 2.33 bits per heavy atom. The molecule has 3 rings (SSSR count). The van der Waals surface area contributed by atoms with Crippen LogP contribution in [-0.4, -0.2) is 26.3 Å². The molecule has 5 nitrogen and oxygen atoms in total. The van der Waals surface area contributed by atoms with Crippen molar-refractivity contribution < 1.29 is 0 Å². The van der Waals surface area contributed by atoms with Gasteiger partial charge < -0.3 is 5.32 Å². The van der Waals surface area contributed by atoms with Crippen LogP contribution in [0.4, 0.5) is 5.95 Å². The van der Waals surface area contributed by atoms with Crippen molar-refractivity contribution in [3.05, 3.63) is 28.3 Å². The van der Waals surface area contributed by atoms with Gasteiger partial charge in [0, 0.05) is 12.7 Å². The Balaban J connectivity index is 2.22. The van der Waals surface area contributed by atoms with E-state index in [4.69, 9.17) is 0 Å². The van der Waals surface area contributed by atoms with Crippen LogP contribution in [0.3, 0.4) is 0 Å². The van der Waals surface area contributed by atoms with Gasteiger partial charge in [0.1, 0.15) is 4.83 Å². The fourth-order valence-electron chi connectivity index (χ4n) is 1.67. The number of thiophene rings is 1. The summed E-state index contributed by atoms with van der Waals surface area (Å²) in [5, 5.41) is 10.4. The number of nitrogens with one attached hydrogen (secondary N) is 1. The molecule has 0 aliphatic carbocycles. The lowest BCUT2D eigenvalue weighted by atomic mass is 10.4. The highest BCUT2D eigenvalue weighted by Gasteiger charge is 2.11. The lowest BCUT2D eigenvalue weighted by Gasteiger charge is -2.06. The Hall–Kier alpha value is -1.47. The molecule has 0 atom stereocenters. The molecule has 0 saturated heterocycles. The number of rotatable bonds is 3. The third-order valence-electron chi connectivity index (χ3n) is 2.41. The minimum atomic E-state index is 0.633. The number of nitrogens with zero attached hydrogens (tertiary/aromatic N) is 4. The van der Waals surface area contributed by atoms with Crippen molar-refractivity contribution in [2.75, 3.05) is 11.9 Å².